The highest BCUT2D eigenvalue weighted by atomic mass is 16.4. The molecule has 0 atom stereocenters. The topological polar surface area (TPSA) is 83.8 Å². The first-order valence-electron chi connectivity index (χ1n) is 6.39. The Balaban J connectivity index is 2.10. The van der Waals surface area contributed by atoms with E-state index in [0.717, 1.165) is 10.8 Å². The molecule has 0 spiro atoms. The van der Waals surface area contributed by atoms with Crippen molar-refractivity contribution in [2.75, 3.05) is 0 Å². The largest absolute Gasteiger partial charge is 0.475 e. The van der Waals surface area contributed by atoms with Crippen LogP contribution in [0.2, 0.25) is 0 Å². The summed E-state index contributed by atoms with van der Waals surface area (Å²) >= 11 is 0. The lowest BCUT2D eigenvalue weighted by molar-refractivity contribution is 0.0665. The molecule has 2 heterocycles. The summed E-state index contributed by atoms with van der Waals surface area (Å²) in [4.78, 5) is 11.0. The fourth-order valence-electron chi connectivity index (χ4n) is 2.62. The lowest BCUT2D eigenvalue weighted by Gasteiger charge is -1.95. The Morgan fingerprint density at radius 1 is 1.05 bits per heavy atom. The van der Waals surface area contributed by atoms with Crippen LogP contribution < -0.4 is 0 Å². The molecule has 104 valence electrons. The van der Waals surface area contributed by atoms with Crippen LogP contribution in [0.5, 0.6) is 0 Å². The molecule has 0 bridgehead atoms. The minimum absolute atomic E-state index is 0.0991. The third-order valence-corrected chi connectivity index (χ3v) is 3.60. The number of aliphatic hydroxyl groups is 1. The zero-order valence-corrected chi connectivity index (χ0v) is 10.8. The molecule has 0 unspecified atom stereocenters. The quantitative estimate of drug-likeness (QED) is 0.587. The molecule has 21 heavy (non-hydrogen) atoms. The van der Waals surface area contributed by atoms with Crippen molar-refractivity contribution < 1.29 is 23.8 Å². The van der Waals surface area contributed by atoms with Crippen LogP contribution in [0.4, 0.5) is 0 Å². The number of hydrogen-bond donors (Lipinski definition) is 2. The second-order valence-electron chi connectivity index (χ2n) is 4.86. The van der Waals surface area contributed by atoms with Gasteiger partial charge in [-0.15, -0.1) is 0 Å². The average Bonchev–Trinajstić information content (AvgIpc) is 3.04. The summed E-state index contributed by atoms with van der Waals surface area (Å²) in [5.41, 5.74) is 2.49. The van der Waals surface area contributed by atoms with Gasteiger partial charge in [0.25, 0.3) is 0 Å². The summed E-state index contributed by atoms with van der Waals surface area (Å²) in [5, 5.41) is 20.7. The van der Waals surface area contributed by atoms with E-state index in [0.29, 0.717) is 27.7 Å². The minimum atomic E-state index is -1.10. The summed E-state index contributed by atoms with van der Waals surface area (Å²) in [5.74, 6) is -1.20. The highest BCUT2D eigenvalue weighted by molar-refractivity contribution is 6.10. The zero-order chi connectivity index (χ0) is 14.6. The van der Waals surface area contributed by atoms with Crippen LogP contribution in [0.15, 0.2) is 45.2 Å². The van der Waals surface area contributed by atoms with E-state index in [1.807, 2.05) is 12.1 Å². The van der Waals surface area contributed by atoms with E-state index in [9.17, 15) is 9.90 Å². The van der Waals surface area contributed by atoms with Gasteiger partial charge in [0.2, 0.25) is 5.76 Å². The highest BCUT2D eigenvalue weighted by Crippen LogP contribution is 2.34. The Kier molecular flexibility index (Phi) is 2.34. The molecule has 5 heteroatoms. The number of carboxylic acid groups (broad SMARTS) is 1. The standard InChI is InChI=1S/C16H10O5/c17-7-8-2-1-3-10-11-6-12-9(4-13(11)21-15(8)10)5-14(20-12)16(18)19/h1-6,17H,7H2,(H,18,19). The van der Waals surface area contributed by atoms with Crippen LogP contribution in [0.3, 0.4) is 0 Å². The number of para-hydroxylation sites is 1. The smallest absolute Gasteiger partial charge is 0.371 e. The van der Waals surface area contributed by atoms with Gasteiger partial charge in [-0.25, -0.2) is 4.79 Å². The fourth-order valence-corrected chi connectivity index (χ4v) is 2.62. The molecule has 0 amide bonds. The molecule has 2 N–H and O–H groups in total. The maximum Gasteiger partial charge on any atom is 0.371 e. The van der Waals surface area contributed by atoms with Crippen molar-refractivity contribution in [1.82, 2.24) is 0 Å². The first-order valence-corrected chi connectivity index (χ1v) is 6.39. The molecule has 2 aromatic carbocycles. The van der Waals surface area contributed by atoms with Crippen LogP contribution in [0, 0.1) is 0 Å². The van der Waals surface area contributed by atoms with Crippen molar-refractivity contribution in [1.29, 1.82) is 0 Å². The van der Waals surface area contributed by atoms with E-state index in [1.54, 1.807) is 18.2 Å². The number of carboxylic acids is 1. The van der Waals surface area contributed by atoms with Crippen molar-refractivity contribution >= 4 is 38.9 Å². The van der Waals surface area contributed by atoms with E-state index in [-0.39, 0.29) is 12.4 Å². The lowest BCUT2D eigenvalue weighted by atomic mass is 10.1. The van der Waals surface area contributed by atoms with E-state index < -0.39 is 5.97 Å². The molecule has 2 aromatic heterocycles. The summed E-state index contributed by atoms with van der Waals surface area (Å²) in [6.45, 7) is -0.101. The van der Waals surface area contributed by atoms with Gasteiger partial charge in [-0.05, 0) is 18.2 Å². The number of benzene rings is 2. The predicted octanol–water partition coefficient (Wildman–Crippen LogP) is 3.52. The van der Waals surface area contributed by atoms with E-state index in [4.69, 9.17) is 13.9 Å². The van der Waals surface area contributed by atoms with Crippen LogP contribution in [0.1, 0.15) is 16.1 Å². The molecule has 0 fully saturated rings. The monoisotopic (exact) mass is 282 g/mol. The maximum absolute atomic E-state index is 11.0. The van der Waals surface area contributed by atoms with E-state index in [1.165, 1.54) is 6.07 Å². The SMILES string of the molecule is O=C(O)c1cc2cc3oc4c(CO)cccc4c3cc2o1. The first-order chi connectivity index (χ1) is 10.2. The number of furan rings is 2. The Hall–Kier alpha value is -2.79. The normalized spacial score (nSPS) is 11.7. The number of aliphatic hydroxyl groups excluding tert-OH is 1. The van der Waals surface area contributed by atoms with E-state index in [2.05, 4.69) is 0 Å². The molecule has 0 saturated carbocycles. The Morgan fingerprint density at radius 3 is 2.67 bits per heavy atom. The van der Waals surface area contributed by atoms with Crippen molar-refractivity contribution in [3.05, 3.63) is 47.7 Å². The first kappa shape index (κ1) is 12.0. The molecule has 0 aliphatic carbocycles. The third-order valence-electron chi connectivity index (χ3n) is 3.60. The van der Waals surface area contributed by atoms with Gasteiger partial charge in [0.1, 0.15) is 16.7 Å². The number of fused-ring (bicyclic) bond motifs is 4. The van der Waals surface area contributed by atoms with Crippen LogP contribution >= 0.6 is 0 Å². The lowest BCUT2D eigenvalue weighted by Crippen LogP contribution is -1.91. The van der Waals surface area contributed by atoms with Gasteiger partial charge in [0, 0.05) is 21.7 Å². The highest BCUT2D eigenvalue weighted by Gasteiger charge is 2.15. The third kappa shape index (κ3) is 1.64. The van der Waals surface area contributed by atoms with Gasteiger partial charge >= 0.3 is 5.97 Å². The van der Waals surface area contributed by atoms with Crippen LogP contribution in [-0.2, 0) is 6.61 Å². The average molecular weight is 282 g/mol. The molecule has 4 rings (SSSR count). The maximum atomic E-state index is 11.0. The van der Waals surface area contributed by atoms with Gasteiger partial charge in [-0.2, -0.15) is 0 Å². The second kappa shape index (κ2) is 4.10. The molecule has 0 radical (unpaired) electrons. The summed E-state index contributed by atoms with van der Waals surface area (Å²) < 4.78 is 11.1. The fraction of sp³-hybridized carbons (Fsp3) is 0.0625. The molecule has 0 aliphatic heterocycles. The van der Waals surface area contributed by atoms with Gasteiger partial charge < -0.3 is 19.0 Å². The van der Waals surface area contributed by atoms with Gasteiger partial charge in [-0.1, -0.05) is 18.2 Å². The van der Waals surface area contributed by atoms with Crippen molar-refractivity contribution in [2.24, 2.45) is 0 Å². The molecular formula is C16H10O5. The summed E-state index contributed by atoms with van der Waals surface area (Å²) in [6.07, 6.45) is 0. The molecule has 5 nitrogen and oxygen atoms in total. The van der Waals surface area contributed by atoms with Crippen molar-refractivity contribution in [2.45, 2.75) is 6.61 Å². The predicted molar refractivity (Wildman–Crippen MR) is 76.4 cm³/mol. The second-order valence-corrected chi connectivity index (χ2v) is 4.86. The van der Waals surface area contributed by atoms with Crippen LogP contribution in [0.25, 0.3) is 32.9 Å². The molecule has 0 aliphatic rings. The molecule has 4 aromatic rings. The molecule has 0 saturated heterocycles. The Morgan fingerprint density at radius 2 is 1.90 bits per heavy atom. The van der Waals surface area contributed by atoms with Gasteiger partial charge in [0.15, 0.2) is 0 Å². The van der Waals surface area contributed by atoms with Crippen molar-refractivity contribution in [3.63, 3.8) is 0 Å². The number of hydrogen-bond acceptors (Lipinski definition) is 4. The minimum Gasteiger partial charge on any atom is -0.475 e. The van der Waals surface area contributed by atoms with Crippen LogP contribution in [-0.4, -0.2) is 16.2 Å². The van der Waals surface area contributed by atoms with E-state index >= 15 is 0 Å². The van der Waals surface area contributed by atoms with Crippen molar-refractivity contribution in [3.8, 4) is 0 Å². The number of carbonyl (C=O) groups is 1. The summed E-state index contributed by atoms with van der Waals surface area (Å²) in [7, 11) is 0. The Bertz CT molecular complexity index is 1010. The Labute approximate surface area is 118 Å². The molecular weight excluding hydrogens is 272 g/mol. The van der Waals surface area contributed by atoms with Gasteiger partial charge in [-0.3, -0.25) is 0 Å². The zero-order valence-electron chi connectivity index (χ0n) is 10.8. The number of aromatic carboxylic acids is 1. The summed E-state index contributed by atoms with van der Waals surface area (Å²) in [6, 6.07) is 10.5. The van der Waals surface area contributed by atoms with Gasteiger partial charge in [0.05, 0.1) is 6.61 Å². The number of rotatable bonds is 2.